The molecule has 0 amide bonds. The first kappa shape index (κ1) is 23.3. The Morgan fingerprint density at radius 2 is 1.88 bits per heavy atom. The van der Waals surface area contributed by atoms with Crippen molar-refractivity contribution < 1.29 is 14.9 Å². The number of fused-ring (bicyclic) bond motifs is 1. The van der Waals surface area contributed by atoms with Crippen LogP contribution in [-0.2, 0) is 6.42 Å². The fourth-order valence-corrected chi connectivity index (χ4v) is 3.74. The number of nitrogens with one attached hydrogen (secondary N) is 1. The van der Waals surface area contributed by atoms with Crippen LogP contribution in [0, 0.1) is 0 Å². The first-order chi connectivity index (χ1) is 16.4. The van der Waals surface area contributed by atoms with Gasteiger partial charge in [-0.25, -0.2) is 14.3 Å². The normalized spacial score (nSPS) is 12.1. The number of allylic oxidation sites excluding steroid dienone is 1. The minimum Gasteiger partial charge on any atom is -0.508 e. The van der Waals surface area contributed by atoms with Crippen LogP contribution in [0.15, 0.2) is 78.2 Å². The van der Waals surface area contributed by atoms with Gasteiger partial charge in [-0.15, -0.1) is 0 Å². The molecular formula is C26H28N4O4. The van der Waals surface area contributed by atoms with Gasteiger partial charge in [0.2, 0.25) is 0 Å². The van der Waals surface area contributed by atoms with Crippen molar-refractivity contribution in [3.63, 3.8) is 0 Å². The molecule has 0 spiro atoms. The van der Waals surface area contributed by atoms with Crippen LogP contribution in [-0.4, -0.2) is 50.1 Å². The minimum absolute atomic E-state index is 0.160. The van der Waals surface area contributed by atoms with Gasteiger partial charge < -0.3 is 20.3 Å². The van der Waals surface area contributed by atoms with Gasteiger partial charge in [0.15, 0.2) is 5.65 Å². The Balaban J connectivity index is 1.32. The van der Waals surface area contributed by atoms with Gasteiger partial charge in [-0.2, -0.15) is 0 Å². The zero-order chi connectivity index (χ0) is 24.1. The maximum Gasteiger partial charge on any atom is 0.339 e. The number of aromatic nitrogens is 3. The second-order valence-corrected chi connectivity index (χ2v) is 8.11. The summed E-state index contributed by atoms with van der Waals surface area (Å²) in [5.41, 5.74) is 3.61. The van der Waals surface area contributed by atoms with Crippen molar-refractivity contribution in [1.29, 1.82) is 0 Å². The van der Waals surface area contributed by atoms with E-state index in [-0.39, 0.29) is 18.0 Å². The summed E-state index contributed by atoms with van der Waals surface area (Å²) in [6, 6.07) is 17.8. The Bertz CT molecular complexity index is 1320. The van der Waals surface area contributed by atoms with Gasteiger partial charge in [-0.05, 0) is 74.0 Å². The average molecular weight is 461 g/mol. The first-order valence-electron chi connectivity index (χ1n) is 11.1. The van der Waals surface area contributed by atoms with Crippen LogP contribution >= 0.6 is 0 Å². The van der Waals surface area contributed by atoms with E-state index < -0.39 is 6.10 Å². The molecule has 0 bridgehead atoms. The quantitative estimate of drug-likeness (QED) is 0.315. The average Bonchev–Trinajstić information content (AvgIpc) is 3.14. The van der Waals surface area contributed by atoms with E-state index in [4.69, 9.17) is 4.74 Å². The standard InChI is InChI=1S/C26H28N4O4/c1-18(2)29-24-4-3-14-28-25(24)30(26(29)33)20-7-5-19(6-8-20)13-15-27-16-22(32)17-34-23-11-9-21(31)10-12-23/h3-12,14,22,27,31-32H,1,13,15-17H2,2H3/t22-/m0/s1. The predicted octanol–water partition coefficient (Wildman–Crippen LogP) is 2.96. The van der Waals surface area contributed by atoms with Crippen LogP contribution in [0.3, 0.4) is 0 Å². The number of ether oxygens (including phenoxy) is 1. The first-order valence-corrected chi connectivity index (χ1v) is 11.1. The highest BCUT2D eigenvalue weighted by molar-refractivity contribution is 5.77. The van der Waals surface area contributed by atoms with E-state index in [9.17, 15) is 15.0 Å². The van der Waals surface area contributed by atoms with E-state index in [1.54, 1.807) is 40.5 Å². The molecule has 1 atom stereocenters. The number of phenolic OH excluding ortho intramolecular Hbond substituents is 1. The lowest BCUT2D eigenvalue weighted by molar-refractivity contribution is 0.106. The number of rotatable bonds is 10. The minimum atomic E-state index is -0.652. The Morgan fingerprint density at radius 3 is 2.59 bits per heavy atom. The topological polar surface area (TPSA) is 102 Å². The summed E-state index contributed by atoms with van der Waals surface area (Å²) in [5, 5.41) is 22.6. The fourth-order valence-electron chi connectivity index (χ4n) is 3.74. The van der Waals surface area contributed by atoms with Crippen molar-refractivity contribution in [2.75, 3.05) is 19.7 Å². The van der Waals surface area contributed by atoms with Gasteiger partial charge in [0.25, 0.3) is 0 Å². The number of hydrogen-bond acceptors (Lipinski definition) is 6. The van der Waals surface area contributed by atoms with E-state index >= 15 is 0 Å². The summed E-state index contributed by atoms with van der Waals surface area (Å²) in [7, 11) is 0. The maximum atomic E-state index is 13.0. The maximum absolute atomic E-state index is 13.0. The molecule has 0 aliphatic rings. The molecule has 2 aromatic carbocycles. The summed E-state index contributed by atoms with van der Waals surface area (Å²) in [6.07, 6.45) is 1.79. The molecule has 8 heteroatoms. The summed E-state index contributed by atoms with van der Waals surface area (Å²) < 4.78 is 8.67. The van der Waals surface area contributed by atoms with Gasteiger partial charge >= 0.3 is 5.69 Å². The summed E-state index contributed by atoms with van der Waals surface area (Å²) in [4.78, 5) is 17.4. The summed E-state index contributed by atoms with van der Waals surface area (Å²) in [6.45, 7) is 6.96. The van der Waals surface area contributed by atoms with Crippen molar-refractivity contribution in [1.82, 2.24) is 19.4 Å². The summed E-state index contributed by atoms with van der Waals surface area (Å²) in [5.74, 6) is 0.766. The highest BCUT2D eigenvalue weighted by atomic mass is 16.5. The van der Waals surface area contributed by atoms with Crippen LogP contribution in [0.1, 0.15) is 12.5 Å². The fraction of sp³-hybridized carbons (Fsp3) is 0.231. The lowest BCUT2D eigenvalue weighted by Gasteiger charge is -2.13. The highest BCUT2D eigenvalue weighted by Crippen LogP contribution is 2.18. The molecular weight excluding hydrogens is 432 g/mol. The number of aromatic hydroxyl groups is 1. The largest absolute Gasteiger partial charge is 0.508 e. The molecule has 34 heavy (non-hydrogen) atoms. The Hall–Kier alpha value is -3.88. The van der Waals surface area contributed by atoms with E-state index in [0.717, 1.165) is 23.2 Å². The van der Waals surface area contributed by atoms with Gasteiger partial charge in [-0.1, -0.05) is 18.7 Å². The van der Waals surface area contributed by atoms with E-state index in [0.29, 0.717) is 30.2 Å². The molecule has 0 unspecified atom stereocenters. The second kappa shape index (κ2) is 10.4. The van der Waals surface area contributed by atoms with Crippen LogP contribution in [0.5, 0.6) is 11.5 Å². The van der Waals surface area contributed by atoms with Crippen LogP contribution < -0.4 is 15.7 Å². The van der Waals surface area contributed by atoms with Crippen molar-refractivity contribution in [2.45, 2.75) is 19.4 Å². The molecule has 8 nitrogen and oxygen atoms in total. The van der Waals surface area contributed by atoms with E-state index in [1.807, 2.05) is 30.3 Å². The van der Waals surface area contributed by atoms with E-state index in [1.165, 1.54) is 12.1 Å². The molecule has 4 aromatic rings. The zero-order valence-electron chi connectivity index (χ0n) is 19.0. The lowest BCUT2D eigenvalue weighted by atomic mass is 10.1. The van der Waals surface area contributed by atoms with Crippen molar-refractivity contribution >= 4 is 16.9 Å². The van der Waals surface area contributed by atoms with Crippen molar-refractivity contribution in [2.24, 2.45) is 0 Å². The molecule has 0 radical (unpaired) electrons. The number of pyridine rings is 1. The van der Waals surface area contributed by atoms with Crippen molar-refractivity contribution in [3.8, 4) is 17.2 Å². The number of hydrogen-bond donors (Lipinski definition) is 3. The second-order valence-electron chi connectivity index (χ2n) is 8.11. The number of imidazole rings is 1. The number of benzene rings is 2. The van der Waals surface area contributed by atoms with Gasteiger partial charge in [0.05, 0.1) is 11.2 Å². The summed E-state index contributed by atoms with van der Waals surface area (Å²) >= 11 is 0. The molecule has 4 rings (SSSR count). The number of aliphatic hydroxyl groups excluding tert-OH is 1. The number of nitrogens with zero attached hydrogens (tertiary/aromatic N) is 3. The number of phenols is 1. The third kappa shape index (κ3) is 5.19. The monoisotopic (exact) mass is 460 g/mol. The molecule has 2 heterocycles. The Morgan fingerprint density at radius 1 is 1.15 bits per heavy atom. The third-order valence-corrected chi connectivity index (χ3v) is 5.43. The van der Waals surface area contributed by atoms with Crippen molar-refractivity contribution in [3.05, 3.63) is 89.5 Å². The van der Waals surface area contributed by atoms with Gasteiger partial charge in [0.1, 0.15) is 24.2 Å². The van der Waals surface area contributed by atoms with Crippen LogP contribution in [0.4, 0.5) is 0 Å². The molecule has 0 saturated heterocycles. The lowest BCUT2D eigenvalue weighted by Crippen LogP contribution is -2.32. The molecule has 0 fully saturated rings. The molecule has 0 aliphatic carbocycles. The molecule has 176 valence electrons. The SMILES string of the molecule is C=C(C)n1c(=O)n(-c2ccc(CCNC[C@H](O)COc3ccc(O)cc3)cc2)c2ncccc21. The zero-order valence-corrected chi connectivity index (χ0v) is 19.0. The van der Waals surface area contributed by atoms with Gasteiger partial charge in [0, 0.05) is 18.4 Å². The Kier molecular flexibility index (Phi) is 7.10. The molecule has 0 saturated carbocycles. The molecule has 2 aromatic heterocycles. The number of aliphatic hydroxyl groups is 1. The Labute approximate surface area is 197 Å². The third-order valence-electron chi connectivity index (χ3n) is 5.43. The smallest absolute Gasteiger partial charge is 0.339 e. The molecule has 0 aliphatic heterocycles. The van der Waals surface area contributed by atoms with Crippen LogP contribution in [0.25, 0.3) is 22.5 Å². The van der Waals surface area contributed by atoms with Gasteiger partial charge in [-0.3, -0.25) is 4.57 Å². The predicted molar refractivity (Wildman–Crippen MR) is 133 cm³/mol. The highest BCUT2D eigenvalue weighted by Gasteiger charge is 2.15. The molecule has 3 N–H and O–H groups in total. The van der Waals surface area contributed by atoms with Crippen LogP contribution in [0.2, 0.25) is 0 Å². The van der Waals surface area contributed by atoms with E-state index in [2.05, 4.69) is 16.9 Å².